The van der Waals surface area contributed by atoms with E-state index in [4.69, 9.17) is 0 Å². The van der Waals surface area contributed by atoms with E-state index in [0.29, 0.717) is 22.4 Å². The molecular formula is C22H22N2O5. The van der Waals surface area contributed by atoms with E-state index in [9.17, 15) is 19.2 Å². The second-order valence-corrected chi connectivity index (χ2v) is 7.85. The molecule has 2 aromatic carbocycles. The summed E-state index contributed by atoms with van der Waals surface area (Å²) in [6, 6.07) is 9.25. The molecule has 0 radical (unpaired) electrons. The lowest BCUT2D eigenvalue weighted by Crippen LogP contribution is -2.45. The monoisotopic (exact) mass is 394 g/mol. The van der Waals surface area contributed by atoms with Gasteiger partial charge in [-0.3, -0.25) is 19.3 Å². The van der Waals surface area contributed by atoms with E-state index in [1.807, 2.05) is 0 Å². The van der Waals surface area contributed by atoms with Gasteiger partial charge >= 0.3 is 5.97 Å². The molecule has 1 aliphatic heterocycles. The van der Waals surface area contributed by atoms with Crippen molar-refractivity contribution in [3.05, 3.63) is 64.2 Å². The zero-order valence-electron chi connectivity index (χ0n) is 17.0. The van der Waals surface area contributed by atoms with Crippen LogP contribution < -0.4 is 5.32 Å². The summed E-state index contributed by atoms with van der Waals surface area (Å²) in [5, 5.41) is 2.77. The summed E-state index contributed by atoms with van der Waals surface area (Å²) in [4.78, 5) is 50.8. The van der Waals surface area contributed by atoms with Gasteiger partial charge in [-0.1, -0.05) is 0 Å². The SMILES string of the molecule is COC(=O)c1ccc(NC(=O)c2ccc3c(c2)C(=O)N(C(C)(C)C)C3=O)c(C)c1. The van der Waals surface area contributed by atoms with Crippen LogP contribution in [-0.2, 0) is 4.74 Å². The smallest absolute Gasteiger partial charge is 0.337 e. The van der Waals surface area contributed by atoms with Gasteiger partial charge in [-0.2, -0.15) is 0 Å². The first kappa shape index (κ1) is 20.3. The molecular weight excluding hydrogens is 372 g/mol. The molecule has 7 nitrogen and oxygen atoms in total. The third kappa shape index (κ3) is 3.63. The van der Waals surface area contributed by atoms with Crippen molar-refractivity contribution >= 4 is 29.4 Å². The third-order valence-corrected chi connectivity index (χ3v) is 4.72. The minimum Gasteiger partial charge on any atom is -0.465 e. The largest absolute Gasteiger partial charge is 0.465 e. The summed E-state index contributed by atoms with van der Waals surface area (Å²) in [6.07, 6.45) is 0. The van der Waals surface area contributed by atoms with E-state index >= 15 is 0 Å². The summed E-state index contributed by atoms with van der Waals surface area (Å²) in [7, 11) is 1.30. The maximum atomic E-state index is 12.7. The number of benzene rings is 2. The maximum absolute atomic E-state index is 12.7. The molecule has 1 aliphatic rings. The van der Waals surface area contributed by atoms with Gasteiger partial charge in [0.2, 0.25) is 0 Å². The molecule has 3 rings (SSSR count). The van der Waals surface area contributed by atoms with Crippen LogP contribution in [0.1, 0.15) is 67.8 Å². The molecule has 1 heterocycles. The van der Waals surface area contributed by atoms with Crippen molar-refractivity contribution in [1.82, 2.24) is 4.90 Å². The summed E-state index contributed by atoms with van der Waals surface area (Å²) in [5.74, 6) is -1.66. The van der Waals surface area contributed by atoms with Crippen molar-refractivity contribution in [3.63, 3.8) is 0 Å². The molecule has 0 fully saturated rings. The van der Waals surface area contributed by atoms with Crippen LogP contribution in [-0.4, -0.2) is 41.2 Å². The number of hydrogen-bond donors (Lipinski definition) is 1. The van der Waals surface area contributed by atoms with Crippen molar-refractivity contribution in [2.24, 2.45) is 0 Å². The van der Waals surface area contributed by atoms with Crippen molar-refractivity contribution < 1.29 is 23.9 Å². The number of hydrogen-bond acceptors (Lipinski definition) is 5. The van der Waals surface area contributed by atoms with E-state index in [0.717, 1.165) is 0 Å². The van der Waals surface area contributed by atoms with Crippen molar-refractivity contribution in [2.45, 2.75) is 33.2 Å². The Hall–Kier alpha value is -3.48. The normalized spacial score (nSPS) is 13.3. The fourth-order valence-electron chi connectivity index (χ4n) is 3.23. The molecule has 3 amide bonds. The zero-order valence-corrected chi connectivity index (χ0v) is 17.0. The van der Waals surface area contributed by atoms with E-state index in [1.54, 1.807) is 45.9 Å². The highest BCUT2D eigenvalue weighted by Crippen LogP contribution is 2.30. The minimum absolute atomic E-state index is 0.218. The number of nitrogens with one attached hydrogen (secondary N) is 1. The molecule has 0 spiro atoms. The van der Waals surface area contributed by atoms with Gasteiger partial charge in [-0.15, -0.1) is 0 Å². The summed E-state index contributed by atoms with van der Waals surface area (Å²) >= 11 is 0. The molecule has 7 heteroatoms. The molecule has 2 aromatic rings. The van der Waals surface area contributed by atoms with E-state index in [1.165, 1.54) is 30.2 Å². The van der Waals surface area contributed by atoms with Gasteiger partial charge in [0, 0.05) is 16.8 Å². The van der Waals surface area contributed by atoms with Crippen molar-refractivity contribution in [3.8, 4) is 0 Å². The first-order valence-corrected chi connectivity index (χ1v) is 9.08. The van der Waals surface area contributed by atoms with E-state index < -0.39 is 23.3 Å². The molecule has 0 aliphatic carbocycles. The number of esters is 1. The number of anilines is 1. The first-order valence-electron chi connectivity index (χ1n) is 9.08. The van der Waals surface area contributed by atoms with Gasteiger partial charge in [-0.25, -0.2) is 4.79 Å². The number of ether oxygens (including phenoxy) is 1. The number of methoxy groups -OCH3 is 1. The third-order valence-electron chi connectivity index (χ3n) is 4.72. The molecule has 0 bridgehead atoms. The molecule has 0 saturated heterocycles. The van der Waals surface area contributed by atoms with E-state index in [2.05, 4.69) is 10.1 Å². The predicted octanol–water partition coefficient (Wildman–Crippen LogP) is 3.43. The van der Waals surface area contributed by atoms with Gasteiger partial charge in [-0.05, 0) is 69.7 Å². The number of aryl methyl sites for hydroxylation is 1. The number of carbonyl (C=O) groups excluding carboxylic acids is 4. The zero-order chi connectivity index (χ0) is 21.5. The number of rotatable bonds is 3. The maximum Gasteiger partial charge on any atom is 0.337 e. The fraction of sp³-hybridized carbons (Fsp3) is 0.273. The average molecular weight is 394 g/mol. The molecule has 0 unspecified atom stereocenters. The summed E-state index contributed by atoms with van der Waals surface area (Å²) < 4.78 is 4.69. The van der Waals surface area contributed by atoms with Crippen LogP contribution in [0.25, 0.3) is 0 Å². The molecule has 0 atom stereocenters. The Labute approximate surface area is 168 Å². The van der Waals surface area contributed by atoms with Crippen LogP contribution in [0.3, 0.4) is 0 Å². The topological polar surface area (TPSA) is 92.8 Å². The van der Waals surface area contributed by atoms with Crippen LogP contribution in [0, 0.1) is 6.92 Å². The Kier molecular flexibility index (Phi) is 5.00. The molecule has 150 valence electrons. The number of amides is 3. The van der Waals surface area contributed by atoms with Crippen LogP contribution in [0.5, 0.6) is 0 Å². The van der Waals surface area contributed by atoms with Crippen molar-refractivity contribution in [1.29, 1.82) is 0 Å². The summed E-state index contributed by atoms with van der Waals surface area (Å²) in [5.41, 5.74) is 1.71. The van der Waals surface area contributed by atoms with Gasteiger partial charge in [0.05, 0.1) is 23.8 Å². The number of imide groups is 1. The first-order chi connectivity index (χ1) is 13.5. The predicted molar refractivity (Wildman–Crippen MR) is 107 cm³/mol. The van der Waals surface area contributed by atoms with Crippen molar-refractivity contribution in [2.75, 3.05) is 12.4 Å². The quantitative estimate of drug-likeness (QED) is 0.636. The second-order valence-electron chi connectivity index (χ2n) is 7.85. The van der Waals surface area contributed by atoms with E-state index in [-0.39, 0.29) is 17.0 Å². The van der Waals surface area contributed by atoms with Gasteiger partial charge < -0.3 is 10.1 Å². The highest BCUT2D eigenvalue weighted by molar-refractivity contribution is 6.22. The standard InChI is InChI=1S/C22H22N2O5/c1-12-10-14(21(28)29-5)7-9-17(12)23-18(25)13-6-8-15-16(11-13)20(27)24(19(15)26)22(2,3)4/h6-11H,1-5H3,(H,23,25). The molecule has 1 N–H and O–H groups in total. The highest BCUT2D eigenvalue weighted by atomic mass is 16.5. The van der Waals surface area contributed by atoms with Gasteiger partial charge in [0.1, 0.15) is 0 Å². The Balaban J connectivity index is 1.86. The minimum atomic E-state index is -0.659. The highest BCUT2D eigenvalue weighted by Gasteiger charge is 2.42. The Morgan fingerprint density at radius 3 is 2.14 bits per heavy atom. The lowest BCUT2D eigenvalue weighted by atomic mass is 10.0. The Morgan fingerprint density at radius 2 is 1.55 bits per heavy atom. The molecule has 29 heavy (non-hydrogen) atoms. The Bertz CT molecular complexity index is 1050. The number of nitrogens with zero attached hydrogens (tertiary/aromatic N) is 1. The second kappa shape index (κ2) is 7.16. The van der Waals surface area contributed by atoms with Crippen LogP contribution in [0.4, 0.5) is 5.69 Å². The lowest BCUT2D eigenvalue weighted by Gasteiger charge is -2.29. The molecule has 0 saturated carbocycles. The van der Waals surface area contributed by atoms with Gasteiger partial charge in [0.25, 0.3) is 17.7 Å². The van der Waals surface area contributed by atoms with Crippen LogP contribution in [0.2, 0.25) is 0 Å². The average Bonchev–Trinajstić information content (AvgIpc) is 2.92. The molecule has 0 aromatic heterocycles. The van der Waals surface area contributed by atoms with Crippen LogP contribution in [0.15, 0.2) is 36.4 Å². The fourth-order valence-corrected chi connectivity index (χ4v) is 3.23. The van der Waals surface area contributed by atoms with Gasteiger partial charge in [0.15, 0.2) is 0 Å². The number of carbonyl (C=O) groups is 4. The number of fused-ring (bicyclic) bond motifs is 1. The summed E-state index contributed by atoms with van der Waals surface area (Å²) in [6.45, 7) is 7.10. The lowest BCUT2D eigenvalue weighted by molar-refractivity contribution is 0.0506. The van der Waals surface area contributed by atoms with Crippen LogP contribution >= 0.6 is 0 Å². The Morgan fingerprint density at radius 1 is 0.931 bits per heavy atom.